The van der Waals surface area contributed by atoms with Gasteiger partial charge in [0.05, 0.1) is 0 Å². The Morgan fingerprint density at radius 1 is 1.43 bits per heavy atom. The first-order chi connectivity index (χ1) is 6.60. The zero-order chi connectivity index (χ0) is 10.2. The normalized spacial score (nSPS) is 41.9. The summed E-state index contributed by atoms with van der Waals surface area (Å²) in [7, 11) is 0. The van der Waals surface area contributed by atoms with E-state index in [4.69, 9.17) is 0 Å². The van der Waals surface area contributed by atoms with Crippen LogP contribution in [0.1, 0.15) is 52.4 Å². The molecule has 0 aromatic carbocycles. The lowest BCUT2D eigenvalue weighted by Crippen LogP contribution is -2.54. The van der Waals surface area contributed by atoms with Crippen molar-refractivity contribution in [3.8, 4) is 0 Å². The molecule has 0 spiro atoms. The van der Waals surface area contributed by atoms with Gasteiger partial charge in [0.2, 0.25) is 5.91 Å². The van der Waals surface area contributed by atoms with Crippen LogP contribution in [0.3, 0.4) is 0 Å². The van der Waals surface area contributed by atoms with Crippen LogP contribution in [0.25, 0.3) is 0 Å². The van der Waals surface area contributed by atoms with Crippen LogP contribution in [-0.2, 0) is 4.79 Å². The molecule has 1 N–H and O–H groups in total. The second kappa shape index (κ2) is 3.56. The number of hydrogen-bond donors (Lipinski definition) is 1. The van der Waals surface area contributed by atoms with Gasteiger partial charge in [0.1, 0.15) is 0 Å². The summed E-state index contributed by atoms with van der Waals surface area (Å²) < 4.78 is 0. The minimum atomic E-state index is 0.153. The maximum atomic E-state index is 11.2. The molecular formula is C12H21NO. The summed E-state index contributed by atoms with van der Waals surface area (Å²) in [5.74, 6) is 1.82. The monoisotopic (exact) mass is 195 g/mol. The molecule has 2 heteroatoms. The van der Waals surface area contributed by atoms with Crippen molar-refractivity contribution in [2.24, 2.45) is 11.8 Å². The van der Waals surface area contributed by atoms with Crippen LogP contribution in [0.2, 0.25) is 0 Å². The lowest BCUT2D eigenvalue weighted by molar-refractivity contribution is -0.122. The highest BCUT2D eigenvalue weighted by atomic mass is 16.1. The van der Waals surface area contributed by atoms with E-state index in [0.717, 1.165) is 11.8 Å². The van der Waals surface area contributed by atoms with Gasteiger partial charge in [-0.2, -0.15) is 0 Å². The molecular weight excluding hydrogens is 174 g/mol. The van der Waals surface area contributed by atoms with E-state index in [1.807, 2.05) is 0 Å². The van der Waals surface area contributed by atoms with E-state index in [-0.39, 0.29) is 11.4 Å². The van der Waals surface area contributed by atoms with Gasteiger partial charge in [-0.3, -0.25) is 4.79 Å². The molecule has 2 rings (SSSR count). The standard InChI is InChI=1S/C12H21NO/c1-9-6-11-4-3-5-12(7-9,8-11)13-10(2)14/h9,11H,3-8H2,1-2H3,(H,13,14). The highest BCUT2D eigenvalue weighted by Gasteiger charge is 2.42. The van der Waals surface area contributed by atoms with E-state index in [0.29, 0.717) is 0 Å². The number of amides is 1. The zero-order valence-corrected chi connectivity index (χ0v) is 9.31. The number of carbonyl (C=O) groups is 1. The van der Waals surface area contributed by atoms with Gasteiger partial charge in [-0.15, -0.1) is 0 Å². The van der Waals surface area contributed by atoms with Crippen LogP contribution in [-0.4, -0.2) is 11.4 Å². The van der Waals surface area contributed by atoms with Crippen LogP contribution < -0.4 is 5.32 Å². The first-order valence-electron chi connectivity index (χ1n) is 5.88. The Balaban J connectivity index is 2.10. The van der Waals surface area contributed by atoms with Crippen molar-refractivity contribution in [1.29, 1.82) is 0 Å². The summed E-state index contributed by atoms with van der Waals surface area (Å²) in [6.07, 6.45) is 7.69. The molecule has 3 unspecified atom stereocenters. The Labute approximate surface area is 86.5 Å². The summed E-state index contributed by atoms with van der Waals surface area (Å²) in [5.41, 5.74) is 0.173. The molecule has 2 fully saturated rings. The predicted octanol–water partition coefficient (Wildman–Crippen LogP) is 2.48. The molecule has 2 aliphatic carbocycles. The summed E-state index contributed by atoms with van der Waals surface area (Å²) in [5, 5.41) is 3.22. The van der Waals surface area contributed by atoms with Gasteiger partial charge in [0.25, 0.3) is 0 Å². The quantitative estimate of drug-likeness (QED) is 0.684. The summed E-state index contributed by atoms with van der Waals surface area (Å²) in [6.45, 7) is 3.98. The number of carbonyl (C=O) groups excluding carboxylic acids is 1. The molecule has 0 aromatic heterocycles. The van der Waals surface area contributed by atoms with Gasteiger partial charge < -0.3 is 5.32 Å². The van der Waals surface area contributed by atoms with Crippen molar-refractivity contribution in [3.63, 3.8) is 0 Å². The lowest BCUT2D eigenvalue weighted by atomic mass is 9.64. The van der Waals surface area contributed by atoms with Gasteiger partial charge in [-0.25, -0.2) is 0 Å². The molecule has 0 heterocycles. The van der Waals surface area contributed by atoms with Crippen LogP contribution in [0.4, 0.5) is 0 Å². The van der Waals surface area contributed by atoms with Crippen molar-refractivity contribution >= 4 is 5.91 Å². The van der Waals surface area contributed by atoms with Gasteiger partial charge in [-0.1, -0.05) is 19.8 Å². The first kappa shape index (κ1) is 10.0. The third-order valence-corrected chi connectivity index (χ3v) is 3.86. The van der Waals surface area contributed by atoms with Gasteiger partial charge in [0.15, 0.2) is 0 Å². The first-order valence-corrected chi connectivity index (χ1v) is 5.88. The molecule has 80 valence electrons. The van der Waals surface area contributed by atoms with E-state index in [1.165, 1.54) is 38.5 Å². The molecule has 0 aromatic rings. The molecule has 14 heavy (non-hydrogen) atoms. The summed E-state index contributed by atoms with van der Waals surface area (Å²) >= 11 is 0. The highest BCUT2D eigenvalue weighted by molar-refractivity contribution is 5.73. The number of rotatable bonds is 1. The maximum Gasteiger partial charge on any atom is 0.217 e. The van der Waals surface area contributed by atoms with E-state index in [9.17, 15) is 4.79 Å². The Kier molecular flexibility index (Phi) is 2.54. The fraction of sp³-hybridized carbons (Fsp3) is 0.917. The molecule has 3 atom stereocenters. The smallest absolute Gasteiger partial charge is 0.217 e. The summed E-state index contributed by atoms with van der Waals surface area (Å²) in [6, 6.07) is 0. The predicted molar refractivity (Wildman–Crippen MR) is 56.9 cm³/mol. The van der Waals surface area contributed by atoms with Gasteiger partial charge in [0, 0.05) is 12.5 Å². The molecule has 2 nitrogen and oxygen atoms in total. The van der Waals surface area contributed by atoms with E-state index < -0.39 is 0 Å². The average molecular weight is 195 g/mol. The van der Waals surface area contributed by atoms with Crippen LogP contribution in [0, 0.1) is 11.8 Å². The lowest BCUT2D eigenvalue weighted by Gasteiger charge is -2.48. The Bertz CT molecular complexity index is 234. The molecule has 0 radical (unpaired) electrons. The largest absolute Gasteiger partial charge is 0.351 e. The summed E-state index contributed by atoms with van der Waals surface area (Å²) in [4.78, 5) is 11.2. The number of fused-ring (bicyclic) bond motifs is 2. The third-order valence-electron chi connectivity index (χ3n) is 3.86. The van der Waals surface area contributed by atoms with Gasteiger partial charge in [-0.05, 0) is 37.5 Å². The minimum Gasteiger partial charge on any atom is -0.351 e. The fourth-order valence-electron chi connectivity index (χ4n) is 3.73. The van der Waals surface area contributed by atoms with E-state index in [1.54, 1.807) is 6.92 Å². The highest BCUT2D eigenvalue weighted by Crippen LogP contribution is 2.45. The fourth-order valence-corrected chi connectivity index (χ4v) is 3.73. The molecule has 2 saturated carbocycles. The van der Waals surface area contributed by atoms with Crippen molar-refractivity contribution in [3.05, 3.63) is 0 Å². The molecule has 2 bridgehead atoms. The number of nitrogens with one attached hydrogen (secondary N) is 1. The van der Waals surface area contributed by atoms with E-state index >= 15 is 0 Å². The molecule has 0 saturated heterocycles. The molecule has 0 aliphatic heterocycles. The SMILES string of the molecule is CC(=O)NC12CCCC(CC(C)C1)C2. The number of hydrogen-bond acceptors (Lipinski definition) is 1. The van der Waals surface area contributed by atoms with Crippen molar-refractivity contribution < 1.29 is 4.79 Å². The zero-order valence-electron chi connectivity index (χ0n) is 9.31. The Morgan fingerprint density at radius 3 is 2.93 bits per heavy atom. The van der Waals surface area contributed by atoms with Crippen LogP contribution in [0.15, 0.2) is 0 Å². The van der Waals surface area contributed by atoms with E-state index in [2.05, 4.69) is 12.2 Å². The molecule has 2 aliphatic rings. The van der Waals surface area contributed by atoms with Crippen LogP contribution in [0.5, 0.6) is 0 Å². The topological polar surface area (TPSA) is 29.1 Å². The second-order valence-corrected chi connectivity index (χ2v) is 5.47. The Hall–Kier alpha value is -0.530. The third kappa shape index (κ3) is 1.94. The van der Waals surface area contributed by atoms with Crippen molar-refractivity contribution in [2.45, 2.75) is 57.9 Å². The maximum absolute atomic E-state index is 11.2. The van der Waals surface area contributed by atoms with Crippen LogP contribution >= 0.6 is 0 Å². The van der Waals surface area contributed by atoms with Gasteiger partial charge >= 0.3 is 0 Å². The van der Waals surface area contributed by atoms with Crippen molar-refractivity contribution in [2.75, 3.05) is 0 Å². The second-order valence-electron chi connectivity index (χ2n) is 5.47. The van der Waals surface area contributed by atoms with Crippen molar-refractivity contribution in [1.82, 2.24) is 5.32 Å². The molecule has 1 amide bonds. The average Bonchev–Trinajstić information content (AvgIpc) is 1.99. The minimum absolute atomic E-state index is 0.153. The Morgan fingerprint density at radius 2 is 2.21 bits per heavy atom.